The van der Waals surface area contributed by atoms with E-state index in [0.717, 1.165) is 36.2 Å². The lowest BCUT2D eigenvalue weighted by Gasteiger charge is -2.30. The van der Waals surface area contributed by atoms with Gasteiger partial charge in [0.05, 0.1) is 20.3 Å². The topological polar surface area (TPSA) is 50.8 Å². The minimum atomic E-state index is -0.517. The van der Waals surface area contributed by atoms with Gasteiger partial charge in [-0.05, 0) is 30.9 Å². The number of amides is 1. The van der Waals surface area contributed by atoms with Gasteiger partial charge in [0.2, 0.25) is 5.91 Å². The summed E-state index contributed by atoms with van der Waals surface area (Å²) in [6.45, 7) is 2.80. The molecule has 1 aliphatic heterocycles. The van der Waals surface area contributed by atoms with Crippen molar-refractivity contribution < 1.29 is 14.3 Å². The van der Waals surface area contributed by atoms with Gasteiger partial charge in [-0.25, -0.2) is 0 Å². The molecule has 3 aromatic carbocycles. The third-order valence-electron chi connectivity index (χ3n) is 6.04. The summed E-state index contributed by atoms with van der Waals surface area (Å²) in [7, 11) is 3.24. The maximum absolute atomic E-state index is 13.9. The number of rotatable bonds is 7. The van der Waals surface area contributed by atoms with Gasteiger partial charge < -0.3 is 19.7 Å². The number of aryl methyl sites for hydroxylation is 1. The predicted octanol–water partition coefficient (Wildman–Crippen LogP) is 5.53. The number of carbonyl (C=O) groups is 1. The van der Waals surface area contributed by atoms with Gasteiger partial charge in [0.1, 0.15) is 17.5 Å². The fourth-order valence-corrected chi connectivity index (χ4v) is 4.32. The third-order valence-corrected chi connectivity index (χ3v) is 6.04. The Kier molecular flexibility index (Phi) is 6.64. The van der Waals surface area contributed by atoms with Crippen molar-refractivity contribution in [2.45, 2.75) is 31.8 Å². The van der Waals surface area contributed by atoms with Crippen LogP contribution in [0.3, 0.4) is 0 Å². The summed E-state index contributed by atoms with van der Waals surface area (Å²) < 4.78 is 10.8. The lowest BCUT2D eigenvalue weighted by molar-refractivity contribution is -0.133. The number of anilines is 1. The van der Waals surface area contributed by atoms with Crippen LogP contribution >= 0.6 is 0 Å². The smallest absolute Gasteiger partial charge is 0.250 e. The Morgan fingerprint density at radius 1 is 0.969 bits per heavy atom. The predicted molar refractivity (Wildman–Crippen MR) is 127 cm³/mol. The molecule has 0 aliphatic carbocycles. The zero-order valence-corrected chi connectivity index (χ0v) is 18.9. The fraction of sp³-hybridized carbons (Fsp3) is 0.296. The van der Waals surface area contributed by atoms with Gasteiger partial charge in [-0.1, -0.05) is 60.2 Å². The number of hydrogen-bond acceptors (Lipinski definition) is 4. The normalized spacial score (nSPS) is 16.5. The fourth-order valence-electron chi connectivity index (χ4n) is 4.32. The molecule has 0 saturated carbocycles. The van der Waals surface area contributed by atoms with E-state index in [2.05, 4.69) is 17.4 Å². The van der Waals surface area contributed by atoms with E-state index < -0.39 is 6.04 Å². The number of likely N-dealkylation sites (tertiary alicyclic amines) is 1. The van der Waals surface area contributed by atoms with Gasteiger partial charge in [-0.15, -0.1) is 0 Å². The van der Waals surface area contributed by atoms with Crippen molar-refractivity contribution >= 4 is 11.6 Å². The summed E-state index contributed by atoms with van der Waals surface area (Å²) in [6, 6.07) is 23.6. The average molecular weight is 431 g/mol. The monoisotopic (exact) mass is 430 g/mol. The highest BCUT2D eigenvalue weighted by atomic mass is 16.5. The van der Waals surface area contributed by atoms with Crippen LogP contribution in [0.5, 0.6) is 11.5 Å². The summed E-state index contributed by atoms with van der Waals surface area (Å²) in [6.07, 6.45) is 1.97. The van der Waals surface area contributed by atoms with Crippen LogP contribution < -0.4 is 14.8 Å². The molecule has 4 rings (SSSR count). The van der Waals surface area contributed by atoms with Gasteiger partial charge in [0, 0.05) is 30.4 Å². The average Bonchev–Trinajstić information content (AvgIpc) is 3.33. The zero-order valence-electron chi connectivity index (χ0n) is 18.9. The Labute approximate surface area is 190 Å². The molecular formula is C27H30N2O3. The maximum Gasteiger partial charge on any atom is 0.250 e. The molecule has 0 radical (unpaired) electrons. The van der Waals surface area contributed by atoms with Crippen LogP contribution in [0.2, 0.25) is 0 Å². The molecule has 1 aliphatic rings. The quantitative estimate of drug-likeness (QED) is 0.536. The van der Waals surface area contributed by atoms with E-state index in [1.54, 1.807) is 14.2 Å². The van der Waals surface area contributed by atoms with Crippen molar-refractivity contribution in [1.29, 1.82) is 0 Å². The third kappa shape index (κ3) is 4.72. The second kappa shape index (κ2) is 9.77. The van der Waals surface area contributed by atoms with Crippen molar-refractivity contribution in [3.05, 3.63) is 89.5 Å². The van der Waals surface area contributed by atoms with E-state index in [-0.39, 0.29) is 11.9 Å². The highest BCUT2D eigenvalue weighted by Gasteiger charge is 2.34. The first kappa shape index (κ1) is 21.8. The summed E-state index contributed by atoms with van der Waals surface area (Å²) in [5, 5.41) is 3.46. The van der Waals surface area contributed by atoms with E-state index in [0.29, 0.717) is 11.5 Å². The van der Waals surface area contributed by atoms with E-state index in [1.165, 1.54) is 5.56 Å². The molecule has 0 aromatic heterocycles. The second-order valence-electron chi connectivity index (χ2n) is 8.19. The van der Waals surface area contributed by atoms with E-state index in [9.17, 15) is 4.79 Å². The highest BCUT2D eigenvalue weighted by molar-refractivity contribution is 5.87. The molecule has 32 heavy (non-hydrogen) atoms. The number of hydrogen-bond donors (Lipinski definition) is 1. The van der Waals surface area contributed by atoms with Gasteiger partial charge in [0.25, 0.3) is 0 Å². The molecule has 0 spiro atoms. The molecule has 5 heteroatoms. The lowest BCUT2D eigenvalue weighted by Crippen LogP contribution is -2.37. The van der Waals surface area contributed by atoms with Crippen LogP contribution in [-0.4, -0.2) is 31.6 Å². The first-order valence-electron chi connectivity index (χ1n) is 11.0. The summed E-state index contributed by atoms with van der Waals surface area (Å²) in [4.78, 5) is 15.9. The van der Waals surface area contributed by atoms with Crippen LogP contribution in [0.4, 0.5) is 5.69 Å². The SMILES string of the molecule is COc1cc(NC(C(=O)N2CCCC2c2ccccc2)c2ccc(C)cc2)cc(OC)c1. The molecule has 2 unspecified atom stereocenters. The van der Waals surface area contributed by atoms with Crippen LogP contribution in [0.1, 0.15) is 41.6 Å². The van der Waals surface area contributed by atoms with E-state index in [1.807, 2.05) is 72.5 Å². The van der Waals surface area contributed by atoms with Crippen molar-refractivity contribution in [2.24, 2.45) is 0 Å². The lowest BCUT2D eigenvalue weighted by atomic mass is 10.0. The molecule has 1 saturated heterocycles. The molecule has 5 nitrogen and oxygen atoms in total. The van der Waals surface area contributed by atoms with Gasteiger partial charge in [-0.3, -0.25) is 4.79 Å². The first-order chi connectivity index (χ1) is 15.6. The highest BCUT2D eigenvalue weighted by Crippen LogP contribution is 2.36. The summed E-state index contributed by atoms with van der Waals surface area (Å²) in [5.41, 5.74) is 4.05. The summed E-state index contributed by atoms with van der Waals surface area (Å²) in [5.74, 6) is 1.41. The van der Waals surface area contributed by atoms with Gasteiger partial charge >= 0.3 is 0 Å². The molecule has 1 heterocycles. The second-order valence-corrected chi connectivity index (χ2v) is 8.19. The Balaban J connectivity index is 1.68. The number of nitrogens with one attached hydrogen (secondary N) is 1. The van der Waals surface area contributed by atoms with E-state index in [4.69, 9.17) is 9.47 Å². The number of benzene rings is 3. The number of methoxy groups -OCH3 is 2. The summed E-state index contributed by atoms with van der Waals surface area (Å²) >= 11 is 0. The number of ether oxygens (including phenoxy) is 2. The van der Waals surface area contributed by atoms with Crippen molar-refractivity contribution in [1.82, 2.24) is 4.90 Å². The largest absolute Gasteiger partial charge is 0.497 e. The standard InChI is InChI=1S/C27H30N2O3/c1-19-11-13-21(14-12-19)26(28-22-16-23(31-2)18-24(17-22)32-3)27(30)29-15-7-10-25(29)20-8-5-4-6-9-20/h4-6,8-9,11-14,16-18,25-26,28H,7,10,15H2,1-3H3. The van der Waals surface area contributed by atoms with Crippen LogP contribution in [-0.2, 0) is 4.79 Å². The van der Waals surface area contributed by atoms with Crippen LogP contribution in [0, 0.1) is 6.92 Å². The molecular weight excluding hydrogens is 400 g/mol. The van der Waals surface area contributed by atoms with E-state index >= 15 is 0 Å². The Morgan fingerprint density at radius 3 is 2.25 bits per heavy atom. The Bertz CT molecular complexity index is 1030. The Morgan fingerprint density at radius 2 is 1.62 bits per heavy atom. The molecule has 3 aromatic rings. The molecule has 1 amide bonds. The zero-order chi connectivity index (χ0) is 22.5. The number of nitrogens with zero attached hydrogens (tertiary/aromatic N) is 1. The van der Waals surface area contributed by atoms with Crippen LogP contribution in [0.15, 0.2) is 72.8 Å². The minimum Gasteiger partial charge on any atom is -0.497 e. The van der Waals surface area contributed by atoms with Gasteiger partial charge in [-0.2, -0.15) is 0 Å². The van der Waals surface area contributed by atoms with Crippen molar-refractivity contribution in [3.8, 4) is 11.5 Å². The molecule has 1 fully saturated rings. The van der Waals surface area contributed by atoms with Gasteiger partial charge in [0.15, 0.2) is 0 Å². The molecule has 2 atom stereocenters. The minimum absolute atomic E-state index is 0.0713. The maximum atomic E-state index is 13.9. The van der Waals surface area contributed by atoms with Crippen molar-refractivity contribution in [3.63, 3.8) is 0 Å². The van der Waals surface area contributed by atoms with Crippen LogP contribution in [0.25, 0.3) is 0 Å². The molecule has 1 N–H and O–H groups in total. The number of carbonyl (C=O) groups excluding carboxylic acids is 1. The molecule has 166 valence electrons. The first-order valence-corrected chi connectivity index (χ1v) is 11.0. The van der Waals surface area contributed by atoms with Crippen molar-refractivity contribution in [2.75, 3.05) is 26.1 Å². The molecule has 0 bridgehead atoms. The Hall–Kier alpha value is -3.47.